The molecule has 0 bridgehead atoms. The number of carbonyl (C=O) groups is 1. The number of aliphatic carboxylic acids is 1. The summed E-state index contributed by atoms with van der Waals surface area (Å²) < 4.78 is 10.9. The molecule has 6 heteroatoms. The van der Waals surface area contributed by atoms with Gasteiger partial charge in [0.05, 0.1) is 26.2 Å². The molecule has 2 unspecified atom stereocenters. The highest BCUT2D eigenvalue weighted by Gasteiger charge is 2.32. The maximum absolute atomic E-state index is 11.5. The third-order valence-electron chi connectivity index (χ3n) is 4.92. The number of piperidine rings is 1. The predicted octanol–water partition coefficient (Wildman–Crippen LogP) is 2.98. The number of ether oxygens (including phenoxy) is 2. The second-order valence-electron chi connectivity index (χ2n) is 6.46. The molecule has 0 aliphatic carbocycles. The van der Waals surface area contributed by atoms with Crippen molar-refractivity contribution in [2.75, 3.05) is 27.3 Å². The lowest BCUT2D eigenvalue weighted by molar-refractivity contribution is -0.143. The first-order chi connectivity index (χ1) is 12.6. The van der Waals surface area contributed by atoms with E-state index in [-0.39, 0.29) is 12.0 Å². The van der Waals surface area contributed by atoms with Crippen molar-refractivity contribution in [3.63, 3.8) is 0 Å². The SMILES string of the molecule is COc1ccc(C(c2ccncc2)N2CCCC(C(=O)O)C2)c(OC)c1. The lowest BCUT2D eigenvalue weighted by atomic mass is 9.91. The van der Waals surface area contributed by atoms with Gasteiger partial charge >= 0.3 is 5.97 Å². The lowest BCUT2D eigenvalue weighted by Crippen LogP contribution is -2.41. The molecule has 0 spiro atoms. The van der Waals surface area contributed by atoms with Gasteiger partial charge in [-0.05, 0) is 49.2 Å². The van der Waals surface area contributed by atoms with Crippen LogP contribution in [0.1, 0.15) is 30.0 Å². The van der Waals surface area contributed by atoms with Gasteiger partial charge in [0.1, 0.15) is 11.5 Å². The molecule has 3 rings (SSSR count). The van der Waals surface area contributed by atoms with Crippen molar-refractivity contribution in [1.29, 1.82) is 0 Å². The second-order valence-corrected chi connectivity index (χ2v) is 6.46. The molecule has 1 aromatic carbocycles. The summed E-state index contributed by atoms with van der Waals surface area (Å²) in [7, 11) is 3.26. The summed E-state index contributed by atoms with van der Waals surface area (Å²) in [6.07, 6.45) is 5.10. The van der Waals surface area contributed by atoms with Crippen molar-refractivity contribution in [3.8, 4) is 11.5 Å². The summed E-state index contributed by atoms with van der Waals surface area (Å²) in [5.41, 5.74) is 2.06. The van der Waals surface area contributed by atoms with Gasteiger partial charge in [0, 0.05) is 30.6 Å². The Balaban J connectivity index is 2.03. The molecule has 26 heavy (non-hydrogen) atoms. The normalized spacial score (nSPS) is 18.9. The van der Waals surface area contributed by atoms with Gasteiger partial charge in [0.25, 0.3) is 0 Å². The van der Waals surface area contributed by atoms with Crippen LogP contribution < -0.4 is 9.47 Å². The van der Waals surface area contributed by atoms with E-state index in [2.05, 4.69) is 9.88 Å². The quantitative estimate of drug-likeness (QED) is 0.858. The van der Waals surface area contributed by atoms with Crippen LogP contribution in [0.15, 0.2) is 42.7 Å². The van der Waals surface area contributed by atoms with Crippen LogP contribution in [0.3, 0.4) is 0 Å². The van der Waals surface area contributed by atoms with E-state index in [4.69, 9.17) is 9.47 Å². The summed E-state index contributed by atoms with van der Waals surface area (Å²) in [6, 6.07) is 9.61. The topological polar surface area (TPSA) is 71.9 Å². The standard InChI is InChI=1S/C20H24N2O4/c1-25-16-5-6-17(18(12-16)26-2)19(14-7-9-21-10-8-14)22-11-3-4-15(13-22)20(23)24/h5-10,12,15,19H,3-4,11,13H2,1-2H3,(H,23,24). The van der Waals surface area contributed by atoms with Gasteiger partial charge in [-0.2, -0.15) is 0 Å². The average molecular weight is 356 g/mol. The number of carboxylic acids is 1. The van der Waals surface area contributed by atoms with Crippen LogP contribution in [0.4, 0.5) is 0 Å². The van der Waals surface area contributed by atoms with Gasteiger partial charge in [-0.3, -0.25) is 14.7 Å². The number of likely N-dealkylation sites (tertiary alicyclic amines) is 1. The Kier molecular flexibility index (Phi) is 5.73. The molecule has 6 nitrogen and oxygen atoms in total. The molecule has 1 aliphatic rings. The zero-order valence-electron chi connectivity index (χ0n) is 15.1. The summed E-state index contributed by atoms with van der Waals surface area (Å²) in [5, 5.41) is 9.47. The zero-order valence-corrected chi connectivity index (χ0v) is 15.1. The zero-order chi connectivity index (χ0) is 18.5. The summed E-state index contributed by atoms with van der Waals surface area (Å²) >= 11 is 0. The summed E-state index contributed by atoms with van der Waals surface area (Å²) in [4.78, 5) is 17.9. The van der Waals surface area contributed by atoms with Crippen LogP contribution >= 0.6 is 0 Å². The van der Waals surface area contributed by atoms with Gasteiger partial charge in [0.2, 0.25) is 0 Å². The minimum absolute atomic E-state index is 0.0963. The second kappa shape index (κ2) is 8.19. The Morgan fingerprint density at radius 1 is 1.23 bits per heavy atom. The van der Waals surface area contributed by atoms with Crippen molar-refractivity contribution >= 4 is 5.97 Å². The van der Waals surface area contributed by atoms with E-state index < -0.39 is 5.97 Å². The Morgan fingerprint density at radius 2 is 2.00 bits per heavy atom. The van der Waals surface area contributed by atoms with Crippen LogP contribution in [0.2, 0.25) is 0 Å². The van der Waals surface area contributed by atoms with E-state index in [0.29, 0.717) is 13.0 Å². The number of hydrogen-bond acceptors (Lipinski definition) is 5. The maximum atomic E-state index is 11.5. The molecule has 1 N–H and O–H groups in total. The molecule has 1 aliphatic heterocycles. The number of hydrogen-bond donors (Lipinski definition) is 1. The molecular formula is C20H24N2O4. The highest BCUT2D eigenvalue weighted by atomic mass is 16.5. The largest absolute Gasteiger partial charge is 0.497 e. The number of carboxylic acid groups (broad SMARTS) is 1. The molecule has 2 heterocycles. The van der Waals surface area contributed by atoms with Crippen molar-refractivity contribution < 1.29 is 19.4 Å². The Labute approximate surface area is 153 Å². The van der Waals surface area contributed by atoms with Gasteiger partial charge in [-0.25, -0.2) is 0 Å². The van der Waals surface area contributed by atoms with Crippen molar-refractivity contribution in [1.82, 2.24) is 9.88 Å². The van der Waals surface area contributed by atoms with E-state index in [1.54, 1.807) is 26.6 Å². The number of methoxy groups -OCH3 is 2. The average Bonchev–Trinajstić information content (AvgIpc) is 2.69. The first-order valence-corrected chi connectivity index (χ1v) is 8.72. The lowest BCUT2D eigenvalue weighted by Gasteiger charge is -2.38. The van der Waals surface area contributed by atoms with Crippen molar-refractivity contribution in [2.24, 2.45) is 5.92 Å². The first-order valence-electron chi connectivity index (χ1n) is 8.72. The summed E-state index contributed by atoms with van der Waals surface area (Å²) in [6.45, 7) is 1.35. The fourth-order valence-corrected chi connectivity index (χ4v) is 3.62. The third-order valence-corrected chi connectivity index (χ3v) is 4.92. The number of nitrogens with zero attached hydrogens (tertiary/aromatic N) is 2. The van der Waals surface area contributed by atoms with E-state index in [0.717, 1.165) is 35.6 Å². The molecule has 0 saturated carbocycles. The van der Waals surface area contributed by atoms with Crippen LogP contribution in [-0.4, -0.2) is 48.3 Å². The Bertz CT molecular complexity index is 751. The van der Waals surface area contributed by atoms with Crippen LogP contribution in [-0.2, 0) is 4.79 Å². The molecular weight excluding hydrogens is 332 g/mol. The number of benzene rings is 1. The highest BCUT2D eigenvalue weighted by Crippen LogP contribution is 2.38. The van der Waals surface area contributed by atoms with Gasteiger partial charge in [0.15, 0.2) is 0 Å². The minimum atomic E-state index is -0.732. The molecule has 2 aromatic rings. The van der Waals surface area contributed by atoms with Crippen LogP contribution in [0.5, 0.6) is 11.5 Å². The molecule has 2 atom stereocenters. The predicted molar refractivity (Wildman–Crippen MR) is 97.6 cm³/mol. The van der Waals surface area contributed by atoms with Gasteiger partial charge < -0.3 is 14.6 Å². The fourth-order valence-electron chi connectivity index (χ4n) is 3.62. The molecule has 1 saturated heterocycles. The van der Waals surface area contributed by atoms with E-state index >= 15 is 0 Å². The van der Waals surface area contributed by atoms with E-state index in [9.17, 15) is 9.90 Å². The van der Waals surface area contributed by atoms with Crippen molar-refractivity contribution in [2.45, 2.75) is 18.9 Å². The molecule has 0 radical (unpaired) electrons. The Morgan fingerprint density at radius 3 is 2.65 bits per heavy atom. The van der Waals surface area contributed by atoms with Crippen molar-refractivity contribution in [3.05, 3.63) is 53.9 Å². The number of aromatic nitrogens is 1. The fraction of sp³-hybridized carbons (Fsp3) is 0.400. The van der Waals surface area contributed by atoms with Gasteiger partial charge in [-0.1, -0.05) is 0 Å². The highest BCUT2D eigenvalue weighted by molar-refractivity contribution is 5.70. The maximum Gasteiger partial charge on any atom is 0.307 e. The monoisotopic (exact) mass is 356 g/mol. The third kappa shape index (κ3) is 3.80. The summed E-state index contributed by atoms with van der Waals surface area (Å²) in [5.74, 6) is 0.368. The molecule has 0 amide bonds. The first kappa shape index (κ1) is 18.2. The van der Waals surface area contributed by atoms with E-state index in [1.165, 1.54) is 0 Å². The Hall–Kier alpha value is -2.60. The number of rotatable bonds is 6. The number of pyridine rings is 1. The minimum Gasteiger partial charge on any atom is -0.497 e. The molecule has 1 fully saturated rings. The van der Waals surface area contributed by atoms with Crippen LogP contribution in [0.25, 0.3) is 0 Å². The van der Waals surface area contributed by atoms with Crippen LogP contribution in [0, 0.1) is 5.92 Å². The molecule has 138 valence electrons. The van der Waals surface area contributed by atoms with Gasteiger partial charge in [-0.15, -0.1) is 0 Å². The van der Waals surface area contributed by atoms with E-state index in [1.807, 2.05) is 30.3 Å². The smallest absolute Gasteiger partial charge is 0.307 e. The molecule has 1 aromatic heterocycles.